The van der Waals surface area contributed by atoms with Crippen LogP contribution >= 0.6 is 0 Å². The Kier molecular flexibility index (Phi) is 2.96. The molecule has 4 bridgehead atoms. The molecule has 0 amide bonds. The van der Waals surface area contributed by atoms with Crippen molar-refractivity contribution >= 4 is 24.3 Å². The van der Waals surface area contributed by atoms with Gasteiger partial charge in [-0.15, -0.1) is 0 Å². The first-order valence-electron chi connectivity index (χ1n) is 6.41. The summed E-state index contributed by atoms with van der Waals surface area (Å²) in [5.41, 5.74) is 5.97. The number of aryl methyl sites for hydroxylation is 1. The average molecular weight is 248 g/mol. The molecule has 0 heterocycles. The van der Waals surface area contributed by atoms with Crippen molar-refractivity contribution in [2.24, 2.45) is 0 Å². The number of methoxy groups -OCH3 is 1. The van der Waals surface area contributed by atoms with E-state index in [1.54, 1.807) is 7.11 Å². The van der Waals surface area contributed by atoms with Crippen LogP contribution in [0, 0.1) is 6.92 Å². The maximum Gasteiger partial charge on any atom is 0.126 e. The zero-order valence-electron chi connectivity index (χ0n) is 11.2. The Morgan fingerprint density at radius 1 is 0.737 bits per heavy atom. The average Bonchev–Trinajstić information content (AvgIpc) is 2.43. The second-order valence-electron chi connectivity index (χ2n) is 4.78. The van der Waals surface area contributed by atoms with E-state index in [1.165, 1.54) is 22.3 Å². The highest BCUT2D eigenvalue weighted by molar-refractivity contribution is 5.79. The van der Waals surface area contributed by atoms with E-state index in [1.807, 2.05) is 0 Å². The minimum atomic E-state index is 0.913. The van der Waals surface area contributed by atoms with Gasteiger partial charge in [0, 0.05) is 5.56 Å². The van der Waals surface area contributed by atoms with Gasteiger partial charge in [0.2, 0.25) is 0 Å². The van der Waals surface area contributed by atoms with Gasteiger partial charge in [0.05, 0.1) is 7.11 Å². The molecule has 0 unspecified atom stereocenters. The summed E-state index contributed by atoms with van der Waals surface area (Å²) in [4.78, 5) is 0. The van der Waals surface area contributed by atoms with Crippen LogP contribution in [0.1, 0.15) is 27.8 Å². The van der Waals surface area contributed by atoms with Crippen molar-refractivity contribution in [1.82, 2.24) is 0 Å². The highest BCUT2D eigenvalue weighted by Gasteiger charge is 2.05. The second-order valence-corrected chi connectivity index (χ2v) is 4.78. The molecule has 2 aromatic carbocycles. The topological polar surface area (TPSA) is 9.23 Å². The van der Waals surface area contributed by atoms with Crippen molar-refractivity contribution in [2.75, 3.05) is 7.11 Å². The van der Waals surface area contributed by atoms with Crippen molar-refractivity contribution in [3.63, 3.8) is 0 Å². The minimum Gasteiger partial charge on any atom is -0.496 e. The van der Waals surface area contributed by atoms with Gasteiger partial charge < -0.3 is 4.74 Å². The molecule has 4 aliphatic rings. The fraction of sp³-hybridized carbons (Fsp3) is 0.111. The van der Waals surface area contributed by atoms with Crippen molar-refractivity contribution in [3.8, 4) is 5.75 Å². The Labute approximate surface area is 113 Å². The Morgan fingerprint density at radius 2 is 1.32 bits per heavy atom. The highest BCUT2D eigenvalue weighted by atomic mass is 16.5. The van der Waals surface area contributed by atoms with Crippen LogP contribution in [0.4, 0.5) is 0 Å². The van der Waals surface area contributed by atoms with Crippen LogP contribution < -0.4 is 4.74 Å². The van der Waals surface area contributed by atoms with E-state index in [4.69, 9.17) is 4.74 Å². The van der Waals surface area contributed by atoms with Gasteiger partial charge in [0.15, 0.2) is 0 Å². The molecule has 0 atom stereocenters. The molecule has 0 N–H and O–H groups in total. The summed E-state index contributed by atoms with van der Waals surface area (Å²) in [5.74, 6) is 0.913. The lowest BCUT2D eigenvalue weighted by molar-refractivity contribution is 0.413. The zero-order valence-corrected chi connectivity index (χ0v) is 11.2. The number of hydrogen-bond donors (Lipinski definition) is 0. The van der Waals surface area contributed by atoms with Crippen LogP contribution in [-0.4, -0.2) is 7.11 Å². The molecule has 0 radical (unpaired) electrons. The third kappa shape index (κ3) is 2.32. The fourth-order valence-electron chi connectivity index (χ4n) is 2.30. The van der Waals surface area contributed by atoms with Crippen LogP contribution in [0.25, 0.3) is 24.3 Å². The molecule has 0 saturated carbocycles. The smallest absolute Gasteiger partial charge is 0.126 e. The van der Waals surface area contributed by atoms with Gasteiger partial charge in [0.25, 0.3) is 0 Å². The third-order valence-corrected chi connectivity index (χ3v) is 3.47. The summed E-state index contributed by atoms with van der Waals surface area (Å²) < 4.78 is 5.48. The van der Waals surface area contributed by atoms with Crippen LogP contribution in [0.3, 0.4) is 0 Å². The van der Waals surface area contributed by atoms with Crippen molar-refractivity contribution in [1.29, 1.82) is 0 Å². The molecule has 0 saturated heterocycles. The van der Waals surface area contributed by atoms with Gasteiger partial charge in [-0.05, 0) is 41.3 Å². The summed E-state index contributed by atoms with van der Waals surface area (Å²) in [6, 6.07) is 12.8. The number of hydrogen-bond acceptors (Lipinski definition) is 1. The van der Waals surface area contributed by atoms with Crippen LogP contribution in [0.15, 0.2) is 36.4 Å². The lowest BCUT2D eigenvalue weighted by Gasteiger charge is -2.10. The SMILES string of the molecule is COc1cc2c(C)cc1/C=C\c1ccc(cc1)/C=C\2. The van der Waals surface area contributed by atoms with Gasteiger partial charge in [-0.25, -0.2) is 0 Å². The molecule has 2 aromatic rings. The molecule has 94 valence electrons. The summed E-state index contributed by atoms with van der Waals surface area (Å²) in [5, 5.41) is 0. The Morgan fingerprint density at radius 3 is 1.89 bits per heavy atom. The standard InChI is InChI=1S/C18H16O/c1-13-11-17-10-8-15-5-3-14(4-6-15)7-9-16(13)12-18(17)19-2/h3-12H,1-2H3/b9-7-,10-8-,14-7?,15-8?,16-9?,17-10?. The summed E-state index contributed by atoms with van der Waals surface area (Å²) in [6.07, 6.45) is 8.50. The molecule has 0 aliphatic heterocycles. The minimum absolute atomic E-state index is 0.913. The van der Waals surface area contributed by atoms with Gasteiger partial charge in [-0.3, -0.25) is 0 Å². The lowest BCUT2D eigenvalue weighted by Crippen LogP contribution is -1.91. The zero-order chi connectivity index (χ0) is 13.2. The fourth-order valence-corrected chi connectivity index (χ4v) is 2.30. The predicted octanol–water partition coefficient (Wildman–Crippen LogP) is 4.66. The molecule has 1 nitrogen and oxygen atoms in total. The van der Waals surface area contributed by atoms with E-state index >= 15 is 0 Å². The predicted molar refractivity (Wildman–Crippen MR) is 82.0 cm³/mol. The molecule has 1 heteroatoms. The first-order valence-corrected chi connectivity index (χ1v) is 6.41. The highest BCUT2D eigenvalue weighted by Crippen LogP contribution is 2.27. The lowest BCUT2D eigenvalue weighted by atomic mass is 10.00. The first kappa shape index (κ1) is 11.8. The largest absolute Gasteiger partial charge is 0.496 e. The number of rotatable bonds is 1. The summed E-state index contributed by atoms with van der Waals surface area (Å²) in [7, 11) is 1.72. The van der Waals surface area contributed by atoms with E-state index < -0.39 is 0 Å². The van der Waals surface area contributed by atoms with Gasteiger partial charge in [0.1, 0.15) is 5.75 Å². The molecule has 0 spiro atoms. The summed E-state index contributed by atoms with van der Waals surface area (Å²) >= 11 is 0. The molecule has 0 fully saturated rings. The maximum atomic E-state index is 5.48. The normalized spacial score (nSPS) is 15.7. The number of ether oxygens (including phenoxy) is 1. The van der Waals surface area contributed by atoms with Crippen LogP contribution in [0.5, 0.6) is 5.75 Å². The van der Waals surface area contributed by atoms with E-state index in [0.29, 0.717) is 0 Å². The molecule has 19 heavy (non-hydrogen) atoms. The Balaban J connectivity index is 2.24. The van der Waals surface area contributed by atoms with E-state index in [0.717, 1.165) is 11.3 Å². The van der Waals surface area contributed by atoms with Gasteiger partial charge in [-0.1, -0.05) is 48.6 Å². The van der Waals surface area contributed by atoms with Crippen molar-refractivity contribution < 1.29 is 4.74 Å². The van der Waals surface area contributed by atoms with Crippen molar-refractivity contribution in [2.45, 2.75) is 6.92 Å². The van der Waals surface area contributed by atoms with Crippen molar-refractivity contribution in [3.05, 3.63) is 64.2 Å². The Bertz CT molecular complexity index is 661. The molecule has 4 aliphatic carbocycles. The summed E-state index contributed by atoms with van der Waals surface area (Å²) in [6.45, 7) is 2.13. The monoisotopic (exact) mass is 248 g/mol. The second kappa shape index (κ2) is 4.77. The Hall–Kier alpha value is -2.28. The molecular formula is C18H16O. The molecule has 6 rings (SSSR count). The quantitative estimate of drug-likeness (QED) is 0.608. The molecule has 0 aromatic heterocycles. The van der Waals surface area contributed by atoms with Gasteiger partial charge >= 0.3 is 0 Å². The van der Waals surface area contributed by atoms with Crippen LogP contribution in [-0.2, 0) is 0 Å². The van der Waals surface area contributed by atoms with E-state index in [9.17, 15) is 0 Å². The maximum absolute atomic E-state index is 5.48. The van der Waals surface area contributed by atoms with Gasteiger partial charge in [-0.2, -0.15) is 0 Å². The molecular weight excluding hydrogens is 232 g/mol. The van der Waals surface area contributed by atoms with E-state index in [2.05, 4.69) is 67.6 Å². The third-order valence-electron chi connectivity index (χ3n) is 3.47. The van der Waals surface area contributed by atoms with E-state index in [-0.39, 0.29) is 0 Å². The number of benzene rings is 2. The van der Waals surface area contributed by atoms with Crippen LogP contribution in [0.2, 0.25) is 0 Å². The first-order chi connectivity index (χ1) is 9.26.